The number of carbonyl (C=O) groups is 1. The molecule has 0 saturated carbocycles. The Hall–Kier alpha value is -3.15. The van der Waals surface area contributed by atoms with Crippen molar-refractivity contribution in [2.24, 2.45) is 5.10 Å². The molecule has 0 atom stereocenters. The second kappa shape index (κ2) is 7.61. The number of ether oxygens (including phenoxy) is 1. The molecule has 0 unspecified atom stereocenters. The van der Waals surface area contributed by atoms with E-state index in [-0.39, 0.29) is 12.5 Å². The standard InChI is InChI=1S/C19H20N4O2/c1-14(11-15-7-3-6-10-18(15)25-2)21-22-19(24)12-23-13-20-16-8-4-5-9-17(16)23/h3-10,13H,11-12H2,1-2H3,(H,22,24)/b21-14-. The second-order valence-corrected chi connectivity index (χ2v) is 5.73. The lowest BCUT2D eigenvalue weighted by Crippen LogP contribution is -2.24. The van der Waals surface area contributed by atoms with Crippen molar-refractivity contribution in [1.29, 1.82) is 0 Å². The summed E-state index contributed by atoms with van der Waals surface area (Å²) in [6.45, 7) is 2.05. The van der Waals surface area contributed by atoms with Crippen LogP contribution in [0.5, 0.6) is 5.75 Å². The van der Waals surface area contributed by atoms with E-state index >= 15 is 0 Å². The number of carbonyl (C=O) groups excluding carboxylic acids is 1. The van der Waals surface area contributed by atoms with E-state index in [0.29, 0.717) is 6.42 Å². The number of para-hydroxylation sites is 3. The van der Waals surface area contributed by atoms with Crippen LogP contribution < -0.4 is 10.2 Å². The Kier molecular flexibility index (Phi) is 5.09. The fraction of sp³-hybridized carbons (Fsp3) is 0.211. The molecule has 1 N–H and O–H groups in total. The number of amides is 1. The summed E-state index contributed by atoms with van der Waals surface area (Å²) in [4.78, 5) is 16.4. The van der Waals surface area contributed by atoms with E-state index < -0.39 is 0 Å². The third-order valence-corrected chi connectivity index (χ3v) is 3.85. The third kappa shape index (κ3) is 4.03. The molecule has 1 amide bonds. The summed E-state index contributed by atoms with van der Waals surface area (Å²) < 4.78 is 7.13. The van der Waals surface area contributed by atoms with Gasteiger partial charge >= 0.3 is 0 Å². The van der Waals surface area contributed by atoms with Gasteiger partial charge in [-0.3, -0.25) is 4.79 Å². The molecule has 6 nitrogen and oxygen atoms in total. The summed E-state index contributed by atoms with van der Waals surface area (Å²) in [5.74, 6) is 0.621. The molecule has 0 radical (unpaired) electrons. The van der Waals surface area contributed by atoms with Gasteiger partial charge < -0.3 is 9.30 Å². The molecular weight excluding hydrogens is 316 g/mol. The number of benzene rings is 2. The van der Waals surface area contributed by atoms with Crippen molar-refractivity contribution in [3.63, 3.8) is 0 Å². The first kappa shape index (κ1) is 16.7. The number of hydrogen-bond donors (Lipinski definition) is 1. The molecule has 1 aromatic heterocycles. The van der Waals surface area contributed by atoms with Crippen molar-refractivity contribution in [2.75, 3.05) is 7.11 Å². The average Bonchev–Trinajstić information content (AvgIpc) is 3.03. The number of imidazole rings is 1. The number of hydrazone groups is 1. The summed E-state index contributed by atoms with van der Waals surface area (Å²) in [5.41, 5.74) is 6.22. The minimum absolute atomic E-state index is 0.173. The molecular formula is C19H20N4O2. The van der Waals surface area contributed by atoms with Crippen molar-refractivity contribution in [2.45, 2.75) is 19.9 Å². The highest BCUT2D eigenvalue weighted by Gasteiger charge is 2.07. The zero-order valence-electron chi connectivity index (χ0n) is 14.3. The third-order valence-electron chi connectivity index (χ3n) is 3.85. The smallest absolute Gasteiger partial charge is 0.260 e. The highest BCUT2D eigenvalue weighted by atomic mass is 16.5. The first-order valence-corrected chi connectivity index (χ1v) is 8.01. The summed E-state index contributed by atoms with van der Waals surface area (Å²) in [6.07, 6.45) is 2.27. The molecule has 0 bridgehead atoms. The van der Waals surface area contributed by atoms with E-state index in [0.717, 1.165) is 28.1 Å². The van der Waals surface area contributed by atoms with E-state index in [2.05, 4.69) is 15.5 Å². The van der Waals surface area contributed by atoms with Gasteiger partial charge in [0.15, 0.2) is 0 Å². The van der Waals surface area contributed by atoms with Crippen LogP contribution >= 0.6 is 0 Å². The van der Waals surface area contributed by atoms with Crippen LogP contribution in [0.4, 0.5) is 0 Å². The number of hydrogen-bond acceptors (Lipinski definition) is 4. The van der Waals surface area contributed by atoms with E-state index in [1.165, 1.54) is 0 Å². The van der Waals surface area contributed by atoms with Gasteiger partial charge in [0, 0.05) is 12.1 Å². The number of fused-ring (bicyclic) bond motifs is 1. The summed E-state index contributed by atoms with van der Waals surface area (Å²) in [6, 6.07) is 15.5. The highest BCUT2D eigenvalue weighted by Crippen LogP contribution is 2.18. The fourth-order valence-corrected chi connectivity index (χ4v) is 2.65. The summed E-state index contributed by atoms with van der Waals surface area (Å²) in [7, 11) is 1.64. The molecule has 25 heavy (non-hydrogen) atoms. The Morgan fingerprint density at radius 3 is 2.80 bits per heavy atom. The zero-order valence-corrected chi connectivity index (χ0v) is 14.3. The minimum Gasteiger partial charge on any atom is -0.496 e. The quantitative estimate of drug-likeness (QED) is 0.556. The lowest BCUT2D eigenvalue weighted by atomic mass is 10.1. The van der Waals surface area contributed by atoms with Gasteiger partial charge in [0.1, 0.15) is 12.3 Å². The van der Waals surface area contributed by atoms with Crippen molar-refractivity contribution in [1.82, 2.24) is 15.0 Å². The SMILES string of the molecule is COc1ccccc1C/C(C)=N\NC(=O)Cn1cnc2ccccc21. The molecule has 2 aromatic carbocycles. The lowest BCUT2D eigenvalue weighted by Gasteiger charge is -2.08. The van der Waals surface area contributed by atoms with Crippen LogP contribution in [0.25, 0.3) is 11.0 Å². The van der Waals surface area contributed by atoms with Crippen molar-refractivity contribution >= 4 is 22.7 Å². The molecule has 3 rings (SSSR count). The Labute approximate surface area is 146 Å². The largest absolute Gasteiger partial charge is 0.496 e. The topological polar surface area (TPSA) is 68.5 Å². The van der Waals surface area contributed by atoms with Crippen molar-refractivity contribution < 1.29 is 9.53 Å². The maximum atomic E-state index is 12.1. The van der Waals surface area contributed by atoms with E-state index in [9.17, 15) is 4.79 Å². The van der Waals surface area contributed by atoms with Crippen molar-refractivity contribution in [3.05, 3.63) is 60.4 Å². The van der Waals surface area contributed by atoms with Gasteiger partial charge in [-0.05, 0) is 30.7 Å². The van der Waals surface area contributed by atoms with Gasteiger partial charge in [-0.1, -0.05) is 30.3 Å². The fourth-order valence-electron chi connectivity index (χ4n) is 2.65. The highest BCUT2D eigenvalue weighted by molar-refractivity contribution is 5.87. The minimum atomic E-state index is -0.192. The molecule has 6 heteroatoms. The number of aromatic nitrogens is 2. The Balaban J connectivity index is 1.62. The summed E-state index contributed by atoms with van der Waals surface area (Å²) in [5, 5.41) is 4.18. The molecule has 128 valence electrons. The predicted molar refractivity (Wildman–Crippen MR) is 97.7 cm³/mol. The van der Waals surface area contributed by atoms with Gasteiger partial charge in [0.2, 0.25) is 0 Å². The summed E-state index contributed by atoms with van der Waals surface area (Å²) >= 11 is 0. The predicted octanol–water partition coefficient (Wildman–Crippen LogP) is 2.78. The Morgan fingerprint density at radius 2 is 1.96 bits per heavy atom. The van der Waals surface area contributed by atoms with Gasteiger partial charge in [0.25, 0.3) is 5.91 Å². The average molecular weight is 336 g/mol. The molecule has 0 fully saturated rings. The molecule has 0 saturated heterocycles. The maximum Gasteiger partial charge on any atom is 0.260 e. The van der Waals surface area contributed by atoms with Crippen LogP contribution in [0.2, 0.25) is 0 Å². The number of methoxy groups -OCH3 is 1. The molecule has 0 aliphatic carbocycles. The van der Waals surface area contributed by atoms with Crippen LogP contribution in [0.1, 0.15) is 12.5 Å². The van der Waals surface area contributed by atoms with Crippen LogP contribution in [-0.2, 0) is 17.8 Å². The van der Waals surface area contributed by atoms with Crippen molar-refractivity contribution in [3.8, 4) is 5.75 Å². The van der Waals surface area contributed by atoms with Crippen LogP contribution in [0.15, 0.2) is 60.0 Å². The molecule has 0 aliphatic rings. The maximum absolute atomic E-state index is 12.1. The zero-order chi connectivity index (χ0) is 17.6. The van der Waals surface area contributed by atoms with E-state index in [1.807, 2.05) is 55.5 Å². The van der Waals surface area contributed by atoms with E-state index in [4.69, 9.17) is 4.74 Å². The Bertz CT molecular complexity index is 914. The lowest BCUT2D eigenvalue weighted by molar-refractivity contribution is -0.121. The monoisotopic (exact) mass is 336 g/mol. The molecule has 1 heterocycles. The molecule has 3 aromatic rings. The number of nitrogens with zero attached hydrogens (tertiary/aromatic N) is 3. The number of nitrogens with one attached hydrogen (secondary N) is 1. The second-order valence-electron chi connectivity index (χ2n) is 5.73. The van der Waals surface area contributed by atoms with Gasteiger partial charge in [0.05, 0.1) is 24.5 Å². The number of rotatable bonds is 6. The van der Waals surface area contributed by atoms with Gasteiger partial charge in [-0.2, -0.15) is 5.10 Å². The van der Waals surface area contributed by atoms with E-state index in [1.54, 1.807) is 18.0 Å². The Morgan fingerprint density at radius 1 is 1.20 bits per heavy atom. The van der Waals surface area contributed by atoms with Crippen LogP contribution in [-0.4, -0.2) is 28.3 Å². The molecule has 0 aliphatic heterocycles. The van der Waals surface area contributed by atoms with Gasteiger partial charge in [-0.25, -0.2) is 10.4 Å². The molecule has 0 spiro atoms. The first-order valence-electron chi connectivity index (χ1n) is 8.01. The first-order chi connectivity index (χ1) is 12.2. The van der Waals surface area contributed by atoms with Crippen LogP contribution in [0, 0.1) is 0 Å². The van der Waals surface area contributed by atoms with Crippen LogP contribution in [0.3, 0.4) is 0 Å². The van der Waals surface area contributed by atoms with Gasteiger partial charge in [-0.15, -0.1) is 0 Å². The normalized spacial score (nSPS) is 11.5.